The summed E-state index contributed by atoms with van der Waals surface area (Å²) in [6.07, 6.45) is 4.42. The van der Waals surface area contributed by atoms with Gasteiger partial charge in [0.1, 0.15) is 10.8 Å². The molecule has 0 bridgehead atoms. The SMILES string of the molecule is CN=C(CCC(=N)CCCCc1nnc(NC(=O)Cc2ccc(F)c(OC)c2)s1)NC(=O)Cc1ccccc1. The second-order valence-corrected chi connectivity index (χ2v) is 9.95. The largest absolute Gasteiger partial charge is 0.494 e. The number of aromatic nitrogens is 2. The molecule has 0 spiro atoms. The number of carbonyl (C=O) groups excluding carboxylic acids is 2. The normalized spacial score (nSPS) is 11.2. The third kappa shape index (κ3) is 10.4. The van der Waals surface area contributed by atoms with Crippen molar-refractivity contribution in [2.75, 3.05) is 19.5 Å². The third-order valence-electron chi connectivity index (χ3n) is 5.84. The number of carbonyl (C=O) groups is 2. The van der Waals surface area contributed by atoms with Crippen LogP contribution in [0.15, 0.2) is 53.5 Å². The van der Waals surface area contributed by atoms with E-state index in [1.807, 2.05) is 30.3 Å². The van der Waals surface area contributed by atoms with Crippen LogP contribution >= 0.6 is 11.3 Å². The van der Waals surface area contributed by atoms with Gasteiger partial charge in [-0.05, 0) is 48.9 Å². The molecule has 0 saturated heterocycles. The zero-order valence-corrected chi connectivity index (χ0v) is 22.9. The Hall–Kier alpha value is -3.99. The van der Waals surface area contributed by atoms with Gasteiger partial charge in [0.25, 0.3) is 0 Å². The number of aryl methyl sites for hydroxylation is 1. The molecule has 0 aliphatic carbocycles. The van der Waals surface area contributed by atoms with Gasteiger partial charge in [0.05, 0.1) is 20.0 Å². The van der Waals surface area contributed by atoms with E-state index in [1.54, 1.807) is 13.1 Å². The van der Waals surface area contributed by atoms with Crippen molar-refractivity contribution in [1.82, 2.24) is 15.5 Å². The van der Waals surface area contributed by atoms with Gasteiger partial charge in [0.15, 0.2) is 11.6 Å². The summed E-state index contributed by atoms with van der Waals surface area (Å²) in [5, 5.41) is 23.2. The topological polar surface area (TPSA) is 129 Å². The molecule has 3 rings (SSSR count). The van der Waals surface area contributed by atoms with Gasteiger partial charge in [-0.15, -0.1) is 10.2 Å². The average molecular weight is 553 g/mol. The minimum Gasteiger partial charge on any atom is -0.494 e. The van der Waals surface area contributed by atoms with E-state index in [1.165, 1.54) is 30.6 Å². The molecular weight excluding hydrogens is 519 g/mol. The Morgan fingerprint density at radius 3 is 2.51 bits per heavy atom. The van der Waals surface area contributed by atoms with Crippen molar-refractivity contribution in [3.8, 4) is 5.75 Å². The van der Waals surface area contributed by atoms with Crippen molar-refractivity contribution in [2.45, 2.75) is 51.4 Å². The lowest BCUT2D eigenvalue weighted by atomic mass is 10.1. The van der Waals surface area contributed by atoms with Crippen molar-refractivity contribution in [3.63, 3.8) is 0 Å². The lowest BCUT2D eigenvalue weighted by Gasteiger charge is -2.09. The van der Waals surface area contributed by atoms with Crippen molar-refractivity contribution in [1.29, 1.82) is 5.41 Å². The van der Waals surface area contributed by atoms with Gasteiger partial charge in [-0.1, -0.05) is 47.7 Å². The van der Waals surface area contributed by atoms with Gasteiger partial charge in [0, 0.05) is 25.6 Å². The number of amides is 2. The lowest BCUT2D eigenvalue weighted by molar-refractivity contribution is -0.119. The number of anilines is 1. The summed E-state index contributed by atoms with van der Waals surface area (Å²) in [4.78, 5) is 28.7. The van der Waals surface area contributed by atoms with Crippen LogP contribution in [0.25, 0.3) is 0 Å². The van der Waals surface area contributed by atoms with E-state index in [0.717, 1.165) is 23.4 Å². The number of nitrogens with one attached hydrogen (secondary N) is 3. The quantitative estimate of drug-likeness (QED) is 0.151. The van der Waals surface area contributed by atoms with Gasteiger partial charge in [0.2, 0.25) is 16.9 Å². The zero-order valence-electron chi connectivity index (χ0n) is 22.1. The van der Waals surface area contributed by atoms with Gasteiger partial charge < -0.3 is 20.8 Å². The van der Waals surface area contributed by atoms with Crippen molar-refractivity contribution < 1.29 is 18.7 Å². The fourth-order valence-electron chi connectivity index (χ4n) is 3.79. The molecule has 206 valence electrons. The Labute approximate surface area is 231 Å². The lowest BCUT2D eigenvalue weighted by Crippen LogP contribution is -2.32. The highest BCUT2D eigenvalue weighted by atomic mass is 32.1. The van der Waals surface area contributed by atoms with Crippen LogP contribution in [-0.2, 0) is 28.9 Å². The number of hydrogen-bond acceptors (Lipinski definition) is 8. The molecule has 0 radical (unpaired) electrons. The maximum atomic E-state index is 13.5. The molecule has 0 saturated carbocycles. The fraction of sp³-hybridized carbons (Fsp3) is 0.357. The molecular formula is C28H33FN6O3S. The molecule has 0 atom stereocenters. The molecule has 2 aromatic carbocycles. The first-order chi connectivity index (χ1) is 18.9. The van der Waals surface area contributed by atoms with Crippen LogP contribution in [0.2, 0.25) is 0 Å². The van der Waals surface area contributed by atoms with Crippen LogP contribution in [0.5, 0.6) is 5.75 Å². The highest BCUT2D eigenvalue weighted by Crippen LogP contribution is 2.20. The van der Waals surface area contributed by atoms with E-state index in [9.17, 15) is 14.0 Å². The van der Waals surface area contributed by atoms with E-state index in [4.69, 9.17) is 10.1 Å². The summed E-state index contributed by atoms with van der Waals surface area (Å²) in [7, 11) is 3.02. The van der Waals surface area contributed by atoms with Crippen LogP contribution in [0.3, 0.4) is 0 Å². The Bertz CT molecular complexity index is 1300. The first-order valence-corrected chi connectivity index (χ1v) is 13.5. The van der Waals surface area contributed by atoms with Crippen LogP contribution in [0.1, 0.15) is 48.2 Å². The predicted molar refractivity (Wildman–Crippen MR) is 151 cm³/mol. The molecule has 3 N–H and O–H groups in total. The highest BCUT2D eigenvalue weighted by Gasteiger charge is 2.12. The molecule has 0 aliphatic heterocycles. The van der Waals surface area contributed by atoms with Gasteiger partial charge in [-0.25, -0.2) is 4.39 Å². The number of unbranched alkanes of at least 4 members (excludes halogenated alkanes) is 1. The van der Waals surface area contributed by atoms with Crippen LogP contribution in [0, 0.1) is 11.2 Å². The summed E-state index contributed by atoms with van der Waals surface area (Å²) in [5.74, 6) is -0.186. The maximum absolute atomic E-state index is 13.5. The first kappa shape index (κ1) is 29.6. The monoisotopic (exact) mass is 552 g/mol. The number of amidine groups is 1. The van der Waals surface area contributed by atoms with Crippen LogP contribution in [-0.4, -0.2) is 47.7 Å². The first-order valence-electron chi connectivity index (χ1n) is 12.7. The van der Waals surface area contributed by atoms with Crippen molar-refractivity contribution >= 4 is 39.8 Å². The van der Waals surface area contributed by atoms with Gasteiger partial charge in [-0.2, -0.15) is 0 Å². The molecule has 3 aromatic rings. The number of aliphatic imine (C=N–C) groups is 1. The van der Waals surface area contributed by atoms with Crippen LogP contribution in [0.4, 0.5) is 9.52 Å². The highest BCUT2D eigenvalue weighted by molar-refractivity contribution is 7.15. The molecule has 39 heavy (non-hydrogen) atoms. The molecule has 9 nitrogen and oxygen atoms in total. The molecule has 2 amide bonds. The number of halogens is 1. The number of benzene rings is 2. The molecule has 0 unspecified atom stereocenters. The molecule has 1 heterocycles. The minimum absolute atomic E-state index is 0.0643. The summed E-state index contributed by atoms with van der Waals surface area (Å²) in [5.41, 5.74) is 2.18. The standard InChI is InChI=1S/C28H33FN6O3S/c1-31-24(32-25(36)17-19-8-4-3-5-9-19)15-13-21(30)10-6-7-11-27-34-35-28(39-27)33-26(37)18-20-12-14-22(29)23(16-20)38-2/h3-5,8-9,12,14,16,30H,6-7,10-11,13,15,17-18H2,1-2H3,(H,31,32,36)(H,33,35,37). The number of rotatable bonds is 14. The molecule has 1 aromatic heterocycles. The Morgan fingerprint density at radius 2 is 1.77 bits per heavy atom. The predicted octanol–water partition coefficient (Wildman–Crippen LogP) is 4.77. The Balaban J connectivity index is 1.32. The average Bonchev–Trinajstić information content (AvgIpc) is 3.37. The summed E-state index contributed by atoms with van der Waals surface area (Å²) < 4.78 is 18.5. The number of nitrogens with zero attached hydrogens (tertiary/aromatic N) is 3. The van der Waals surface area contributed by atoms with Gasteiger partial charge in [-0.3, -0.25) is 14.6 Å². The second kappa shape index (κ2) is 15.4. The molecule has 11 heteroatoms. The van der Waals surface area contributed by atoms with Crippen LogP contribution < -0.4 is 15.4 Å². The smallest absolute Gasteiger partial charge is 0.230 e. The summed E-state index contributed by atoms with van der Waals surface area (Å²) >= 11 is 1.32. The van der Waals surface area contributed by atoms with Crippen molar-refractivity contribution in [3.05, 3.63) is 70.5 Å². The number of ether oxygens (including phenoxy) is 1. The minimum atomic E-state index is -0.479. The van der Waals surface area contributed by atoms with E-state index >= 15 is 0 Å². The molecule has 0 fully saturated rings. The summed E-state index contributed by atoms with van der Waals surface area (Å²) in [6, 6.07) is 13.8. The number of hydrogen-bond donors (Lipinski definition) is 3. The Morgan fingerprint density at radius 1 is 1.00 bits per heavy atom. The maximum Gasteiger partial charge on any atom is 0.230 e. The zero-order chi connectivity index (χ0) is 28.0. The fourth-order valence-corrected chi connectivity index (χ4v) is 4.59. The summed E-state index contributed by atoms with van der Waals surface area (Å²) in [6.45, 7) is 0. The second-order valence-electron chi connectivity index (χ2n) is 8.89. The number of methoxy groups -OCH3 is 1. The Kier molecular flexibility index (Phi) is 11.7. The van der Waals surface area contributed by atoms with E-state index in [-0.39, 0.29) is 30.4 Å². The van der Waals surface area contributed by atoms with E-state index in [0.29, 0.717) is 47.9 Å². The third-order valence-corrected chi connectivity index (χ3v) is 6.74. The van der Waals surface area contributed by atoms with Crippen molar-refractivity contribution in [2.24, 2.45) is 4.99 Å². The van der Waals surface area contributed by atoms with Gasteiger partial charge >= 0.3 is 0 Å². The van der Waals surface area contributed by atoms with E-state index < -0.39 is 5.82 Å². The van der Waals surface area contributed by atoms with E-state index in [2.05, 4.69) is 25.8 Å². The molecule has 0 aliphatic rings.